The van der Waals surface area contributed by atoms with Gasteiger partial charge < -0.3 is 10.8 Å². The number of hydrogen-bond donors (Lipinski definition) is 4. The van der Waals surface area contributed by atoms with E-state index in [9.17, 15) is 9.00 Å². The molecule has 8 heteroatoms. The summed E-state index contributed by atoms with van der Waals surface area (Å²) in [6.45, 7) is 0. The fraction of sp³-hybridized carbons (Fsp3) is 0. The van der Waals surface area contributed by atoms with Gasteiger partial charge in [-0.05, 0) is 24.3 Å². The van der Waals surface area contributed by atoms with E-state index in [1.807, 2.05) is 30.3 Å². The van der Waals surface area contributed by atoms with Gasteiger partial charge in [0.15, 0.2) is 0 Å². The first-order valence-corrected chi connectivity index (χ1v) is 7.67. The molecule has 0 fully saturated rings. The number of carboxylic acids is 1. The highest BCUT2D eigenvalue weighted by Crippen LogP contribution is 2.38. The fourth-order valence-corrected chi connectivity index (χ4v) is 3.00. The van der Waals surface area contributed by atoms with Crippen LogP contribution in [-0.2, 0) is 11.3 Å². The Labute approximate surface area is 127 Å². The zero-order valence-corrected chi connectivity index (χ0v) is 12.3. The molecule has 0 aromatic heterocycles. The number of carboxylic acid groups (broad SMARTS) is 1. The Morgan fingerprint density at radius 1 is 1.24 bits per heavy atom. The summed E-state index contributed by atoms with van der Waals surface area (Å²) in [6, 6.07) is 11.9. The Morgan fingerprint density at radius 3 is 2.48 bits per heavy atom. The van der Waals surface area contributed by atoms with Crippen LogP contribution in [-0.4, -0.2) is 19.8 Å². The van der Waals surface area contributed by atoms with Crippen LogP contribution in [0.3, 0.4) is 0 Å². The first kappa shape index (κ1) is 15.4. The van der Waals surface area contributed by atoms with Crippen LogP contribution in [0.5, 0.6) is 0 Å². The van der Waals surface area contributed by atoms with Crippen LogP contribution < -0.4 is 10.5 Å². The number of hydrogen-bond acceptors (Lipinski definition) is 4. The fourth-order valence-electron chi connectivity index (χ4n) is 1.66. The van der Waals surface area contributed by atoms with Crippen molar-refractivity contribution in [3.63, 3.8) is 0 Å². The third-order valence-corrected chi connectivity index (χ3v) is 4.09. The molecule has 0 aliphatic rings. The quantitative estimate of drug-likeness (QED) is 0.497. The van der Waals surface area contributed by atoms with E-state index in [1.165, 1.54) is 23.9 Å². The summed E-state index contributed by atoms with van der Waals surface area (Å²) >= 11 is -1.05. The van der Waals surface area contributed by atoms with Gasteiger partial charge in [-0.3, -0.25) is 9.27 Å². The van der Waals surface area contributed by atoms with Crippen LogP contribution in [0.4, 0.5) is 11.4 Å². The van der Waals surface area contributed by atoms with E-state index in [2.05, 4.69) is 4.72 Å². The van der Waals surface area contributed by atoms with Gasteiger partial charge in [-0.1, -0.05) is 30.0 Å². The average molecular weight is 324 g/mol. The van der Waals surface area contributed by atoms with E-state index in [4.69, 9.17) is 15.4 Å². The van der Waals surface area contributed by atoms with Gasteiger partial charge in [-0.2, -0.15) is 0 Å². The highest BCUT2D eigenvalue weighted by molar-refractivity contribution is 7.99. The summed E-state index contributed by atoms with van der Waals surface area (Å²) in [5.74, 6) is -1.16. The zero-order valence-electron chi connectivity index (χ0n) is 10.6. The van der Waals surface area contributed by atoms with Crippen molar-refractivity contribution in [2.45, 2.75) is 9.79 Å². The van der Waals surface area contributed by atoms with E-state index in [0.717, 1.165) is 4.90 Å². The Balaban J connectivity index is 2.47. The summed E-state index contributed by atoms with van der Waals surface area (Å²) in [7, 11) is 0. The number of carbonyl (C=O) groups is 1. The van der Waals surface area contributed by atoms with Gasteiger partial charge in [0, 0.05) is 10.6 Å². The maximum absolute atomic E-state index is 11.0. The first-order valence-electron chi connectivity index (χ1n) is 5.74. The SMILES string of the molecule is Nc1cc(C(=O)O)cc(NS(=O)O)c1Sc1ccccc1. The molecule has 0 spiro atoms. The summed E-state index contributed by atoms with van der Waals surface area (Å²) in [4.78, 5) is 12.4. The molecule has 0 amide bonds. The number of benzene rings is 2. The largest absolute Gasteiger partial charge is 0.478 e. The van der Waals surface area contributed by atoms with Crippen molar-refractivity contribution in [3.05, 3.63) is 48.0 Å². The van der Waals surface area contributed by atoms with Gasteiger partial charge in [-0.25, -0.2) is 9.00 Å². The number of anilines is 2. The number of rotatable bonds is 5. The second-order valence-electron chi connectivity index (χ2n) is 4.01. The van der Waals surface area contributed by atoms with Crippen molar-refractivity contribution in [1.29, 1.82) is 0 Å². The minimum atomic E-state index is -2.33. The maximum atomic E-state index is 11.0. The van der Waals surface area contributed by atoms with E-state index in [0.29, 0.717) is 4.90 Å². The first-order chi connectivity index (χ1) is 9.97. The molecular weight excluding hydrogens is 312 g/mol. The molecule has 0 saturated heterocycles. The normalized spacial score (nSPS) is 11.9. The third-order valence-electron chi connectivity index (χ3n) is 2.52. The number of nitrogen functional groups attached to an aromatic ring is 1. The van der Waals surface area contributed by atoms with Crippen molar-refractivity contribution in [1.82, 2.24) is 0 Å². The highest BCUT2D eigenvalue weighted by Gasteiger charge is 2.15. The number of nitrogens with one attached hydrogen (secondary N) is 1. The van der Waals surface area contributed by atoms with Crippen LogP contribution in [0.25, 0.3) is 0 Å². The van der Waals surface area contributed by atoms with Gasteiger partial charge in [-0.15, -0.1) is 0 Å². The van der Waals surface area contributed by atoms with E-state index >= 15 is 0 Å². The summed E-state index contributed by atoms with van der Waals surface area (Å²) < 4.78 is 22.2. The highest BCUT2D eigenvalue weighted by atomic mass is 32.2. The van der Waals surface area contributed by atoms with E-state index in [-0.39, 0.29) is 16.9 Å². The molecular formula is C13H12N2O4S2. The molecule has 0 radical (unpaired) electrons. The van der Waals surface area contributed by atoms with Crippen LogP contribution in [0.15, 0.2) is 52.3 Å². The van der Waals surface area contributed by atoms with Crippen LogP contribution in [0.1, 0.15) is 10.4 Å². The molecule has 0 aliphatic carbocycles. The topological polar surface area (TPSA) is 113 Å². The predicted octanol–water partition coefficient (Wildman–Crippen LogP) is 2.67. The molecule has 2 aromatic carbocycles. The van der Waals surface area contributed by atoms with Crippen molar-refractivity contribution in [3.8, 4) is 0 Å². The Hall–Kier alpha value is -2.03. The lowest BCUT2D eigenvalue weighted by Crippen LogP contribution is -2.07. The molecule has 0 saturated carbocycles. The van der Waals surface area contributed by atoms with Gasteiger partial charge in [0.25, 0.3) is 11.3 Å². The van der Waals surface area contributed by atoms with Gasteiger partial charge in [0.2, 0.25) is 0 Å². The van der Waals surface area contributed by atoms with Crippen LogP contribution >= 0.6 is 11.8 Å². The van der Waals surface area contributed by atoms with Gasteiger partial charge >= 0.3 is 5.97 Å². The summed E-state index contributed by atoms with van der Waals surface area (Å²) in [5, 5.41) is 9.02. The minimum absolute atomic E-state index is 0.0575. The molecule has 110 valence electrons. The molecule has 0 aliphatic heterocycles. The summed E-state index contributed by atoms with van der Waals surface area (Å²) in [5.41, 5.74) is 6.24. The molecule has 0 bridgehead atoms. The molecule has 21 heavy (non-hydrogen) atoms. The standard InChI is InChI=1S/C13H12N2O4S2/c14-10-6-8(13(16)17)7-11(15-21(18)19)12(10)20-9-4-2-1-3-5-9/h1-7,15H,14H2,(H,16,17)(H,18,19). The second kappa shape index (κ2) is 6.61. The third kappa shape index (κ3) is 3.97. The van der Waals surface area contributed by atoms with Gasteiger partial charge in [0.1, 0.15) is 0 Å². The van der Waals surface area contributed by atoms with Gasteiger partial charge in [0.05, 0.1) is 16.1 Å². The molecule has 5 N–H and O–H groups in total. The molecule has 2 aromatic rings. The van der Waals surface area contributed by atoms with Crippen molar-refractivity contribution < 1.29 is 18.7 Å². The lowest BCUT2D eigenvalue weighted by atomic mass is 10.2. The zero-order chi connectivity index (χ0) is 15.4. The Kier molecular flexibility index (Phi) is 4.84. The maximum Gasteiger partial charge on any atom is 0.335 e. The Morgan fingerprint density at radius 2 is 1.90 bits per heavy atom. The lowest BCUT2D eigenvalue weighted by Gasteiger charge is -2.13. The predicted molar refractivity (Wildman–Crippen MR) is 82.8 cm³/mol. The smallest absolute Gasteiger partial charge is 0.335 e. The molecule has 1 atom stereocenters. The van der Waals surface area contributed by atoms with Crippen molar-refractivity contribution in [2.75, 3.05) is 10.5 Å². The molecule has 6 nitrogen and oxygen atoms in total. The van der Waals surface area contributed by atoms with Crippen LogP contribution in [0, 0.1) is 0 Å². The minimum Gasteiger partial charge on any atom is -0.478 e. The van der Waals surface area contributed by atoms with Crippen LogP contribution in [0.2, 0.25) is 0 Å². The second-order valence-corrected chi connectivity index (χ2v) is 5.80. The molecule has 0 heterocycles. The summed E-state index contributed by atoms with van der Waals surface area (Å²) in [6.07, 6.45) is 0. The molecule has 2 rings (SSSR count). The Bertz CT molecular complexity index is 692. The van der Waals surface area contributed by atoms with Crippen molar-refractivity contribution in [2.24, 2.45) is 0 Å². The monoisotopic (exact) mass is 324 g/mol. The number of nitrogens with two attached hydrogens (primary N) is 1. The number of aromatic carboxylic acids is 1. The molecule has 1 unspecified atom stereocenters. The average Bonchev–Trinajstić information content (AvgIpc) is 2.42. The van der Waals surface area contributed by atoms with E-state index < -0.39 is 17.2 Å². The van der Waals surface area contributed by atoms with E-state index in [1.54, 1.807) is 0 Å². The van der Waals surface area contributed by atoms with Crippen molar-refractivity contribution >= 4 is 40.4 Å². The lowest BCUT2D eigenvalue weighted by molar-refractivity contribution is 0.0697.